The number of alkyl halides is 3. The summed E-state index contributed by atoms with van der Waals surface area (Å²) >= 11 is 0. The van der Waals surface area contributed by atoms with Gasteiger partial charge >= 0.3 is 6.18 Å². The molecule has 0 aliphatic heterocycles. The van der Waals surface area contributed by atoms with E-state index in [1.165, 1.54) is 12.1 Å². The minimum atomic E-state index is -4.35. The number of carbonyl (C=O) groups is 1. The van der Waals surface area contributed by atoms with Gasteiger partial charge in [0.05, 0.1) is 12.1 Å². The number of hydrogen-bond donors (Lipinski definition) is 0. The predicted molar refractivity (Wildman–Crippen MR) is 114 cm³/mol. The Kier molecular flexibility index (Phi) is 9.47. The molecule has 166 valence electrons. The van der Waals surface area contributed by atoms with Gasteiger partial charge in [-0.05, 0) is 42.7 Å². The number of halogens is 3. The molecular weight excluding hydrogens is 389 g/mol. The van der Waals surface area contributed by atoms with E-state index >= 15 is 0 Å². The van der Waals surface area contributed by atoms with Crippen molar-refractivity contribution >= 4 is 5.91 Å². The Morgan fingerprint density at radius 1 is 1.00 bits per heavy atom. The molecular formula is C24H33F3N2O. The summed E-state index contributed by atoms with van der Waals surface area (Å²) in [5.74, 6) is 0.159. The van der Waals surface area contributed by atoms with Crippen LogP contribution in [0.5, 0.6) is 0 Å². The van der Waals surface area contributed by atoms with Gasteiger partial charge in [0.15, 0.2) is 0 Å². The zero-order valence-corrected chi connectivity index (χ0v) is 18.0. The molecule has 0 aliphatic rings. The molecule has 0 atom stereocenters. The molecule has 1 aromatic heterocycles. The molecule has 3 nitrogen and oxygen atoms in total. The highest BCUT2D eigenvalue weighted by Crippen LogP contribution is 2.29. The maximum Gasteiger partial charge on any atom is 0.416 e. The lowest BCUT2D eigenvalue weighted by molar-refractivity contribution is -0.137. The topological polar surface area (TPSA) is 25.2 Å². The van der Waals surface area contributed by atoms with Crippen LogP contribution in [0.25, 0.3) is 0 Å². The third-order valence-corrected chi connectivity index (χ3v) is 5.26. The minimum Gasteiger partial charge on any atom is -0.345 e. The monoisotopic (exact) mass is 422 g/mol. The fraction of sp³-hybridized carbons (Fsp3) is 0.542. The first-order chi connectivity index (χ1) is 14.3. The van der Waals surface area contributed by atoms with Crippen molar-refractivity contribution < 1.29 is 18.0 Å². The zero-order valence-electron chi connectivity index (χ0n) is 18.0. The van der Waals surface area contributed by atoms with Crippen LogP contribution in [0.1, 0.15) is 75.6 Å². The van der Waals surface area contributed by atoms with E-state index < -0.39 is 11.7 Å². The van der Waals surface area contributed by atoms with Crippen LogP contribution in [0, 0.1) is 0 Å². The van der Waals surface area contributed by atoms with E-state index in [1.54, 1.807) is 6.07 Å². The summed E-state index contributed by atoms with van der Waals surface area (Å²) in [6.45, 7) is 5.80. The highest BCUT2D eigenvalue weighted by atomic mass is 19.4. The highest BCUT2D eigenvalue weighted by Gasteiger charge is 2.30. The van der Waals surface area contributed by atoms with E-state index in [0.717, 1.165) is 50.3 Å². The average Bonchev–Trinajstić information content (AvgIpc) is 3.13. The quantitative estimate of drug-likeness (QED) is 0.351. The maximum absolute atomic E-state index is 13.0. The fourth-order valence-corrected chi connectivity index (χ4v) is 3.51. The second-order valence-corrected chi connectivity index (χ2v) is 7.81. The minimum absolute atomic E-state index is 0.159. The molecule has 30 heavy (non-hydrogen) atoms. The Labute approximate surface area is 177 Å². The third kappa shape index (κ3) is 7.54. The van der Waals surface area contributed by atoms with Crippen LogP contribution in [0.3, 0.4) is 0 Å². The summed E-state index contributed by atoms with van der Waals surface area (Å²) in [5.41, 5.74) is 0.892. The first-order valence-corrected chi connectivity index (χ1v) is 10.9. The number of amides is 1. The van der Waals surface area contributed by atoms with E-state index in [0.29, 0.717) is 31.6 Å². The van der Waals surface area contributed by atoms with Gasteiger partial charge < -0.3 is 9.47 Å². The second kappa shape index (κ2) is 11.8. The molecule has 0 aliphatic carbocycles. The van der Waals surface area contributed by atoms with E-state index in [1.807, 2.05) is 27.8 Å². The maximum atomic E-state index is 13.0. The van der Waals surface area contributed by atoms with Gasteiger partial charge in [0.2, 0.25) is 5.91 Å². The molecule has 2 aromatic rings. The van der Waals surface area contributed by atoms with Crippen LogP contribution >= 0.6 is 0 Å². The molecule has 0 spiro atoms. The van der Waals surface area contributed by atoms with Crippen molar-refractivity contribution in [3.8, 4) is 0 Å². The van der Waals surface area contributed by atoms with Crippen molar-refractivity contribution in [3.63, 3.8) is 0 Å². The van der Waals surface area contributed by atoms with Gasteiger partial charge in [0.1, 0.15) is 0 Å². The second-order valence-electron chi connectivity index (χ2n) is 7.81. The molecule has 0 saturated carbocycles. The van der Waals surface area contributed by atoms with Gasteiger partial charge in [-0.3, -0.25) is 4.79 Å². The molecule has 0 unspecified atom stereocenters. The van der Waals surface area contributed by atoms with Crippen LogP contribution in [0.15, 0.2) is 42.6 Å². The van der Waals surface area contributed by atoms with E-state index in [9.17, 15) is 18.0 Å². The van der Waals surface area contributed by atoms with Gasteiger partial charge in [0, 0.05) is 31.4 Å². The van der Waals surface area contributed by atoms with Crippen molar-refractivity contribution in [1.82, 2.24) is 9.47 Å². The molecule has 1 heterocycles. The van der Waals surface area contributed by atoms with Crippen molar-refractivity contribution in [2.45, 2.75) is 78.1 Å². The van der Waals surface area contributed by atoms with Crippen molar-refractivity contribution in [1.29, 1.82) is 0 Å². The molecule has 0 radical (unpaired) electrons. The SMILES string of the molecule is CCCCCC(=O)N(CCCCC)Cc1cccn1Cc1cccc(C(F)(F)F)c1. The molecule has 1 amide bonds. The Hall–Kier alpha value is -2.24. The van der Waals surface area contributed by atoms with E-state index in [2.05, 4.69) is 13.8 Å². The Balaban J connectivity index is 2.11. The number of carbonyl (C=O) groups excluding carboxylic acids is 1. The van der Waals surface area contributed by atoms with Gasteiger partial charge in [-0.25, -0.2) is 0 Å². The lowest BCUT2D eigenvalue weighted by atomic mass is 10.1. The Morgan fingerprint density at radius 2 is 1.73 bits per heavy atom. The molecule has 0 saturated heterocycles. The number of benzene rings is 1. The fourth-order valence-electron chi connectivity index (χ4n) is 3.51. The van der Waals surface area contributed by atoms with Gasteiger partial charge in [-0.2, -0.15) is 13.2 Å². The normalized spacial score (nSPS) is 11.6. The Bertz CT molecular complexity index is 783. The average molecular weight is 423 g/mol. The van der Waals surface area contributed by atoms with Crippen LogP contribution < -0.4 is 0 Å². The molecule has 2 rings (SSSR count). The molecule has 0 bridgehead atoms. The highest BCUT2D eigenvalue weighted by molar-refractivity contribution is 5.76. The molecule has 6 heteroatoms. The number of nitrogens with zero attached hydrogens (tertiary/aromatic N) is 2. The standard InChI is InChI=1S/C24H33F3N2O/c1-3-5-7-14-23(30)29(15-8-6-4-2)19-22-13-10-16-28(22)18-20-11-9-12-21(17-20)24(25,26)27/h9-13,16-17H,3-8,14-15,18-19H2,1-2H3. The number of aromatic nitrogens is 1. The zero-order chi connectivity index (χ0) is 22.0. The molecule has 1 aromatic carbocycles. The summed E-state index contributed by atoms with van der Waals surface area (Å²) in [4.78, 5) is 14.7. The largest absolute Gasteiger partial charge is 0.416 e. The first-order valence-electron chi connectivity index (χ1n) is 10.9. The summed E-state index contributed by atoms with van der Waals surface area (Å²) in [7, 11) is 0. The number of rotatable bonds is 12. The van der Waals surface area contributed by atoms with E-state index in [4.69, 9.17) is 0 Å². The van der Waals surface area contributed by atoms with Crippen LogP contribution in [0.2, 0.25) is 0 Å². The smallest absolute Gasteiger partial charge is 0.345 e. The summed E-state index contributed by atoms with van der Waals surface area (Å²) < 4.78 is 41.0. The summed E-state index contributed by atoms with van der Waals surface area (Å²) in [5, 5.41) is 0. The van der Waals surface area contributed by atoms with Crippen LogP contribution in [0.4, 0.5) is 13.2 Å². The number of hydrogen-bond acceptors (Lipinski definition) is 1. The third-order valence-electron chi connectivity index (χ3n) is 5.26. The lowest BCUT2D eigenvalue weighted by Crippen LogP contribution is -2.32. The lowest BCUT2D eigenvalue weighted by Gasteiger charge is -2.24. The van der Waals surface area contributed by atoms with Gasteiger partial charge in [-0.15, -0.1) is 0 Å². The molecule has 0 N–H and O–H groups in total. The molecule has 0 fully saturated rings. The van der Waals surface area contributed by atoms with Gasteiger partial charge in [0.25, 0.3) is 0 Å². The first kappa shape index (κ1) is 24.0. The van der Waals surface area contributed by atoms with Crippen molar-refractivity contribution in [2.24, 2.45) is 0 Å². The van der Waals surface area contributed by atoms with Crippen LogP contribution in [-0.4, -0.2) is 21.9 Å². The predicted octanol–water partition coefficient (Wildman–Crippen LogP) is 6.65. The summed E-state index contributed by atoms with van der Waals surface area (Å²) in [6, 6.07) is 9.25. The van der Waals surface area contributed by atoms with Gasteiger partial charge in [-0.1, -0.05) is 51.7 Å². The van der Waals surface area contributed by atoms with Crippen LogP contribution in [-0.2, 0) is 24.1 Å². The van der Waals surface area contributed by atoms with E-state index in [-0.39, 0.29) is 5.91 Å². The summed E-state index contributed by atoms with van der Waals surface area (Å²) in [6.07, 6.45) is 4.19. The van der Waals surface area contributed by atoms with Crippen molar-refractivity contribution in [2.75, 3.05) is 6.54 Å². The van der Waals surface area contributed by atoms with Crippen molar-refractivity contribution in [3.05, 3.63) is 59.4 Å². The number of unbranched alkanes of at least 4 members (excludes halogenated alkanes) is 4. The Morgan fingerprint density at radius 3 is 2.43 bits per heavy atom.